The van der Waals surface area contributed by atoms with Gasteiger partial charge in [-0.25, -0.2) is 0 Å². The van der Waals surface area contributed by atoms with Crippen LogP contribution in [0.1, 0.15) is 24.1 Å². The van der Waals surface area contributed by atoms with Crippen molar-refractivity contribution in [1.29, 1.82) is 0 Å². The molecule has 1 atom stereocenters. The summed E-state index contributed by atoms with van der Waals surface area (Å²) in [6.07, 6.45) is 0. The third-order valence-electron chi connectivity index (χ3n) is 2.73. The normalized spacial score (nSPS) is 12.3. The molecule has 0 aliphatic carbocycles. The third kappa shape index (κ3) is 3.15. The second-order valence-corrected chi connectivity index (χ2v) is 4.95. The van der Waals surface area contributed by atoms with E-state index in [2.05, 4.69) is 24.4 Å². The summed E-state index contributed by atoms with van der Waals surface area (Å²) in [7, 11) is 0. The molecule has 0 unspecified atom stereocenters. The van der Waals surface area contributed by atoms with Crippen LogP contribution >= 0.6 is 11.3 Å². The highest BCUT2D eigenvalue weighted by Gasteiger charge is 2.10. The highest BCUT2D eigenvalue weighted by Crippen LogP contribution is 2.23. The lowest BCUT2D eigenvalue weighted by molar-refractivity contribution is -0.380. The topological polar surface area (TPSA) is 55.2 Å². The first-order chi connectivity index (χ1) is 8.66. The molecule has 0 aliphatic heterocycles. The van der Waals surface area contributed by atoms with Gasteiger partial charge in [0, 0.05) is 24.0 Å². The Hall–Kier alpha value is -1.72. The van der Waals surface area contributed by atoms with Crippen LogP contribution in [0.3, 0.4) is 0 Å². The molecule has 0 aliphatic rings. The highest BCUT2D eigenvalue weighted by atomic mass is 32.1. The predicted molar refractivity (Wildman–Crippen MR) is 72.7 cm³/mol. The molecule has 0 saturated carbocycles. The van der Waals surface area contributed by atoms with Gasteiger partial charge in [-0.3, -0.25) is 10.1 Å². The van der Waals surface area contributed by atoms with Gasteiger partial charge in [0.05, 0.1) is 4.92 Å². The van der Waals surface area contributed by atoms with E-state index in [1.807, 2.05) is 23.6 Å². The van der Waals surface area contributed by atoms with Crippen LogP contribution in [0.4, 0.5) is 5.00 Å². The minimum Gasteiger partial charge on any atom is -0.306 e. The fourth-order valence-electron chi connectivity index (χ4n) is 1.68. The summed E-state index contributed by atoms with van der Waals surface area (Å²) >= 11 is 1.17. The second-order valence-electron chi connectivity index (χ2n) is 4.06. The zero-order valence-corrected chi connectivity index (χ0v) is 10.8. The molecule has 5 heteroatoms. The SMILES string of the molecule is C[C@H](NCc1csc([N+](=O)[O-])c1)c1ccccc1. The van der Waals surface area contributed by atoms with Gasteiger partial charge in [-0.2, -0.15) is 0 Å². The quantitative estimate of drug-likeness (QED) is 0.662. The van der Waals surface area contributed by atoms with Crippen molar-refractivity contribution in [3.63, 3.8) is 0 Å². The van der Waals surface area contributed by atoms with Crippen molar-refractivity contribution in [3.05, 3.63) is 63.0 Å². The predicted octanol–water partition coefficient (Wildman–Crippen LogP) is 3.51. The monoisotopic (exact) mass is 262 g/mol. The van der Waals surface area contributed by atoms with Crippen molar-refractivity contribution < 1.29 is 4.92 Å². The fourth-order valence-corrected chi connectivity index (χ4v) is 2.41. The second kappa shape index (κ2) is 5.75. The van der Waals surface area contributed by atoms with Crippen molar-refractivity contribution in [3.8, 4) is 0 Å². The summed E-state index contributed by atoms with van der Waals surface area (Å²) in [6, 6.07) is 12.0. The van der Waals surface area contributed by atoms with Gasteiger partial charge < -0.3 is 5.32 Å². The molecule has 94 valence electrons. The largest absolute Gasteiger partial charge is 0.324 e. The Morgan fingerprint density at radius 2 is 2.11 bits per heavy atom. The molecule has 0 fully saturated rings. The summed E-state index contributed by atoms with van der Waals surface area (Å²) in [5.41, 5.74) is 2.16. The molecule has 0 spiro atoms. The minimum absolute atomic E-state index is 0.194. The average Bonchev–Trinajstić information content (AvgIpc) is 2.86. The molecule has 0 amide bonds. The lowest BCUT2D eigenvalue weighted by Crippen LogP contribution is -2.17. The first-order valence-electron chi connectivity index (χ1n) is 5.67. The van der Waals surface area contributed by atoms with Crippen LogP contribution in [0.2, 0.25) is 0 Å². The Balaban J connectivity index is 1.93. The summed E-state index contributed by atoms with van der Waals surface area (Å²) in [4.78, 5) is 10.2. The van der Waals surface area contributed by atoms with Gasteiger partial charge in [-0.1, -0.05) is 41.7 Å². The van der Waals surface area contributed by atoms with Crippen molar-refractivity contribution in [2.45, 2.75) is 19.5 Å². The number of nitro groups is 1. The Morgan fingerprint density at radius 3 is 2.72 bits per heavy atom. The first-order valence-corrected chi connectivity index (χ1v) is 6.55. The number of nitrogens with one attached hydrogen (secondary N) is 1. The molecule has 18 heavy (non-hydrogen) atoms. The van der Waals surface area contributed by atoms with Crippen molar-refractivity contribution in [1.82, 2.24) is 5.32 Å². The van der Waals surface area contributed by atoms with Crippen LogP contribution in [-0.4, -0.2) is 4.92 Å². The zero-order chi connectivity index (χ0) is 13.0. The van der Waals surface area contributed by atoms with E-state index in [1.54, 1.807) is 6.07 Å². The van der Waals surface area contributed by atoms with Gasteiger partial charge in [-0.15, -0.1) is 0 Å². The van der Waals surface area contributed by atoms with Crippen LogP contribution in [-0.2, 0) is 6.54 Å². The standard InChI is InChI=1S/C13H14N2O2S/c1-10(12-5-3-2-4-6-12)14-8-11-7-13(15(16)17)18-9-11/h2-7,9-10,14H,8H2,1H3/t10-/m0/s1. The van der Waals surface area contributed by atoms with Gasteiger partial charge in [0.25, 0.3) is 0 Å². The molecular formula is C13H14N2O2S. The van der Waals surface area contributed by atoms with Gasteiger partial charge >= 0.3 is 5.00 Å². The van der Waals surface area contributed by atoms with Crippen molar-refractivity contribution in [2.75, 3.05) is 0 Å². The van der Waals surface area contributed by atoms with Gasteiger partial charge in [0.1, 0.15) is 0 Å². The molecule has 1 N–H and O–H groups in total. The van der Waals surface area contributed by atoms with Crippen molar-refractivity contribution >= 4 is 16.3 Å². The molecular weight excluding hydrogens is 248 g/mol. The Bertz CT molecular complexity index is 525. The van der Waals surface area contributed by atoms with Crippen LogP contribution in [0.15, 0.2) is 41.8 Å². The minimum atomic E-state index is -0.352. The van der Waals surface area contributed by atoms with E-state index in [9.17, 15) is 10.1 Å². The maximum absolute atomic E-state index is 10.6. The first kappa shape index (κ1) is 12.7. The molecule has 2 aromatic rings. The van der Waals surface area contributed by atoms with E-state index in [-0.39, 0.29) is 16.0 Å². The number of hydrogen-bond acceptors (Lipinski definition) is 4. The average molecular weight is 262 g/mol. The van der Waals surface area contributed by atoms with Gasteiger partial charge in [-0.05, 0) is 18.1 Å². The fraction of sp³-hybridized carbons (Fsp3) is 0.231. The van der Waals surface area contributed by atoms with Crippen LogP contribution in [0, 0.1) is 10.1 Å². The molecule has 1 aromatic heterocycles. The summed E-state index contributed by atoms with van der Waals surface area (Å²) in [5.74, 6) is 0. The molecule has 0 saturated heterocycles. The van der Waals surface area contributed by atoms with Crippen molar-refractivity contribution in [2.24, 2.45) is 0 Å². The summed E-state index contributed by atoms with van der Waals surface area (Å²) in [5, 5.41) is 15.9. The Labute approximate surface area is 109 Å². The van der Waals surface area contributed by atoms with Crippen LogP contribution in [0.5, 0.6) is 0 Å². The van der Waals surface area contributed by atoms with E-state index < -0.39 is 0 Å². The Kier molecular flexibility index (Phi) is 4.07. The number of benzene rings is 1. The lowest BCUT2D eigenvalue weighted by Gasteiger charge is -2.13. The number of hydrogen-bond donors (Lipinski definition) is 1. The third-order valence-corrected chi connectivity index (χ3v) is 3.66. The maximum atomic E-state index is 10.6. The van der Waals surface area contributed by atoms with E-state index in [0.717, 1.165) is 5.56 Å². The number of nitrogens with zero attached hydrogens (tertiary/aromatic N) is 1. The van der Waals surface area contributed by atoms with Crippen LogP contribution < -0.4 is 5.32 Å². The van der Waals surface area contributed by atoms with Crippen LogP contribution in [0.25, 0.3) is 0 Å². The molecule has 1 heterocycles. The molecule has 1 aromatic carbocycles. The van der Waals surface area contributed by atoms with Gasteiger partial charge in [0.15, 0.2) is 0 Å². The molecule has 0 radical (unpaired) electrons. The maximum Gasteiger partial charge on any atom is 0.324 e. The van der Waals surface area contributed by atoms with E-state index in [0.29, 0.717) is 6.54 Å². The highest BCUT2D eigenvalue weighted by molar-refractivity contribution is 7.13. The molecule has 4 nitrogen and oxygen atoms in total. The molecule has 0 bridgehead atoms. The number of thiophene rings is 1. The smallest absolute Gasteiger partial charge is 0.306 e. The van der Waals surface area contributed by atoms with E-state index in [4.69, 9.17) is 0 Å². The zero-order valence-electron chi connectivity index (χ0n) is 10.00. The van der Waals surface area contributed by atoms with E-state index >= 15 is 0 Å². The number of rotatable bonds is 5. The Morgan fingerprint density at radius 1 is 1.39 bits per heavy atom. The summed E-state index contributed by atoms with van der Waals surface area (Å²) < 4.78 is 0. The van der Waals surface area contributed by atoms with Gasteiger partial charge in [0.2, 0.25) is 0 Å². The van der Waals surface area contributed by atoms with E-state index in [1.165, 1.54) is 16.9 Å². The lowest BCUT2D eigenvalue weighted by atomic mass is 10.1. The molecule has 2 rings (SSSR count). The summed E-state index contributed by atoms with van der Waals surface area (Å²) in [6.45, 7) is 2.72.